The van der Waals surface area contributed by atoms with Gasteiger partial charge < -0.3 is 4.84 Å². The van der Waals surface area contributed by atoms with Gasteiger partial charge in [0.2, 0.25) is 0 Å². The highest BCUT2D eigenvalue weighted by Crippen LogP contribution is 2.30. The Bertz CT molecular complexity index is 438. The Balaban J connectivity index is 3.22. The Kier molecular flexibility index (Phi) is 4.95. The van der Waals surface area contributed by atoms with E-state index in [0.717, 1.165) is 5.69 Å². The van der Waals surface area contributed by atoms with E-state index in [0.29, 0.717) is 12.5 Å². The van der Waals surface area contributed by atoms with Gasteiger partial charge in [-0.2, -0.15) is 0 Å². The number of hydroxylamine groups is 1. The lowest BCUT2D eigenvalue weighted by molar-refractivity contribution is -0.142. The van der Waals surface area contributed by atoms with Gasteiger partial charge in [0.25, 0.3) is 0 Å². The minimum Gasteiger partial charge on any atom is -0.341 e. The smallest absolute Gasteiger partial charge is 0.329 e. The first-order valence-electron chi connectivity index (χ1n) is 6.13. The van der Waals surface area contributed by atoms with Gasteiger partial charge in [-0.25, -0.2) is 5.06 Å². The molecule has 0 saturated heterocycles. The van der Waals surface area contributed by atoms with Crippen molar-refractivity contribution in [1.82, 2.24) is 0 Å². The fourth-order valence-electron chi connectivity index (χ4n) is 2.09. The summed E-state index contributed by atoms with van der Waals surface area (Å²) >= 11 is 0. The Labute approximate surface area is 109 Å². The van der Waals surface area contributed by atoms with E-state index >= 15 is 0 Å². The number of anilines is 1. The van der Waals surface area contributed by atoms with Crippen molar-refractivity contribution in [3.8, 4) is 0 Å². The van der Waals surface area contributed by atoms with Crippen molar-refractivity contribution in [2.24, 2.45) is 0 Å². The molecule has 0 N–H and O–H groups in total. The van der Waals surface area contributed by atoms with Crippen molar-refractivity contribution < 1.29 is 9.63 Å². The zero-order valence-electron chi connectivity index (χ0n) is 11.6. The maximum absolute atomic E-state index is 11.2. The molecular formula is C15H21NO2. The van der Waals surface area contributed by atoms with E-state index in [9.17, 15) is 4.79 Å². The van der Waals surface area contributed by atoms with Crippen molar-refractivity contribution in [2.75, 3.05) is 11.6 Å². The summed E-state index contributed by atoms with van der Waals surface area (Å²) in [6, 6.07) is 6.00. The first-order valence-corrected chi connectivity index (χ1v) is 6.13. The minimum atomic E-state index is -0.326. The number of benzene rings is 1. The number of nitrogens with zero attached hydrogens (tertiary/aromatic N) is 1. The fraction of sp³-hybridized carbons (Fsp3) is 0.400. The topological polar surface area (TPSA) is 29.5 Å². The zero-order valence-corrected chi connectivity index (χ0v) is 11.6. The maximum Gasteiger partial charge on any atom is 0.329 e. The van der Waals surface area contributed by atoms with Gasteiger partial charge in [0.15, 0.2) is 0 Å². The van der Waals surface area contributed by atoms with Crippen molar-refractivity contribution in [3.63, 3.8) is 0 Å². The van der Waals surface area contributed by atoms with Crippen LogP contribution in [0, 0.1) is 6.92 Å². The van der Waals surface area contributed by atoms with Gasteiger partial charge in [-0.05, 0) is 30.0 Å². The molecule has 0 unspecified atom stereocenters. The van der Waals surface area contributed by atoms with E-state index in [2.05, 4.69) is 33.4 Å². The van der Waals surface area contributed by atoms with Crippen LogP contribution in [0.4, 0.5) is 5.69 Å². The summed E-state index contributed by atoms with van der Waals surface area (Å²) in [6.07, 6.45) is 1.72. The van der Waals surface area contributed by atoms with E-state index in [1.807, 2.05) is 12.1 Å². The van der Waals surface area contributed by atoms with Gasteiger partial charge in [-0.3, -0.25) is 4.79 Å². The molecular weight excluding hydrogens is 226 g/mol. The van der Waals surface area contributed by atoms with E-state index in [4.69, 9.17) is 4.84 Å². The molecule has 1 aromatic carbocycles. The number of carbonyl (C=O) groups is 1. The normalized spacial score (nSPS) is 10.3. The van der Waals surface area contributed by atoms with Gasteiger partial charge in [0.05, 0.1) is 12.2 Å². The Morgan fingerprint density at radius 1 is 1.50 bits per heavy atom. The monoisotopic (exact) mass is 247 g/mol. The van der Waals surface area contributed by atoms with Gasteiger partial charge in [-0.1, -0.05) is 32.1 Å². The van der Waals surface area contributed by atoms with E-state index in [1.54, 1.807) is 11.1 Å². The van der Waals surface area contributed by atoms with Crippen molar-refractivity contribution in [3.05, 3.63) is 42.0 Å². The van der Waals surface area contributed by atoms with Crippen LogP contribution in [0.15, 0.2) is 30.9 Å². The lowest BCUT2D eigenvalue weighted by Gasteiger charge is -2.26. The molecule has 1 aromatic rings. The largest absolute Gasteiger partial charge is 0.341 e. The van der Waals surface area contributed by atoms with Crippen molar-refractivity contribution in [1.29, 1.82) is 0 Å². The maximum atomic E-state index is 11.2. The predicted octanol–water partition coefficient (Wildman–Crippen LogP) is 3.59. The molecule has 18 heavy (non-hydrogen) atoms. The van der Waals surface area contributed by atoms with Crippen molar-refractivity contribution in [2.45, 2.75) is 33.6 Å². The SMILES string of the molecule is C=CCN(OC(C)=O)c1cccc(C)c1C(C)C. The Morgan fingerprint density at radius 2 is 2.17 bits per heavy atom. The molecule has 0 aliphatic carbocycles. The second-order valence-corrected chi connectivity index (χ2v) is 4.60. The first kappa shape index (κ1) is 14.3. The fourth-order valence-corrected chi connectivity index (χ4v) is 2.09. The van der Waals surface area contributed by atoms with Crippen LogP contribution in [-0.2, 0) is 9.63 Å². The van der Waals surface area contributed by atoms with Crippen LogP contribution in [0.25, 0.3) is 0 Å². The average molecular weight is 247 g/mol. The molecule has 0 radical (unpaired) electrons. The summed E-state index contributed by atoms with van der Waals surface area (Å²) in [7, 11) is 0. The minimum absolute atomic E-state index is 0.326. The summed E-state index contributed by atoms with van der Waals surface area (Å²) in [5.74, 6) is 0.0390. The average Bonchev–Trinajstić information content (AvgIpc) is 2.27. The predicted molar refractivity (Wildman–Crippen MR) is 74.6 cm³/mol. The summed E-state index contributed by atoms with van der Waals surface area (Å²) in [5, 5.41) is 1.59. The highest BCUT2D eigenvalue weighted by molar-refractivity contribution is 5.69. The van der Waals surface area contributed by atoms with Crippen LogP contribution in [-0.4, -0.2) is 12.5 Å². The number of aryl methyl sites for hydroxylation is 1. The number of carbonyl (C=O) groups excluding carboxylic acids is 1. The number of hydrogen-bond acceptors (Lipinski definition) is 3. The van der Waals surface area contributed by atoms with E-state index < -0.39 is 0 Å². The molecule has 0 fully saturated rings. The molecule has 0 saturated carbocycles. The second-order valence-electron chi connectivity index (χ2n) is 4.60. The third-order valence-electron chi connectivity index (χ3n) is 2.68. The van der Waals surface area contributed by atoms with Gasteiger partial charge in [-0.15, -0.1) is 6.58 Å². The molecule has 1 rings (SSSR count). The third kappa shape index (κ3) is 3.36. The summed E-state index contributed by atoms with van der Waals surface area (Å²) in [6.45, 7) is 11.9. The quantitative estimate of drug-likeness (QED) is 0.588. The molecule has 3 nitrogen and oxygen atoms in total. The number of hydrogen-bond donors (Lipinski definition) is 0. The zero-order chi connectivity index (χ0) is 13.7. The standard InChI is InChI=1S/C15H21NO2/c1-6-10-16(18-13(5)17)14-9-7-8-12(4)15(14)11(2)3/h6-9,11H,1,10H2,2-5H3. The molecule has 0 heterocycles. The first-order chi connectivity index (χ1) is 8.47. The molecule has 3 heteroatoms. The van der Waals surface area contributed by atoms with Crippen LogP contribution < -0.4 is 5.06 Å². The highest BCUT2D eigenvalue weighted by atomic mass is 16.7. The molecule has 0 bridgehead atoms. The summed E-state index contributed by atoms with van der Waals surface area (Å²) in [5.41, 5.74) is 3.32. The van der Waals surface area contributed by atoms with Gasteiger partial charge in [0.1, 0.15) is 0 Å². The number of rotatable bonds is 5. The van der Waals surface area contributed by atoms with Crippen LogP contribution in [0.5, 0.6) is 0 Å². The molecule has 0 aromatic heterocycles. The Hall–Kier alpha value is -1.77. The van der Waals surface area contributed by atoms with E-state index in [1.165, 1.54) is 18.1 Å². The molecule has 0 spiro atoms. The van der Waals surface area contributed by atoms with Gasteiger partial charge in [0, 0.05) is 6.92 Å². The van der Waals surface area contributed by atoms with E-state index in [-0.39, 0.29) is 5.97 Å². The van der Waals surface area contributed by atoms with Crippen LogP contribution in [0.2, 0.25) is 0 Å². The summed E-state index contributed by atoms with van der Waals surface area (Å²) in [4.78, 5) is 16.4. The summed E-state index contributed by atoms with van der Waals surface area (Å²) < 4.78 is 0. The van der Waals surface area contributed by atoms with Crippen LogP contribution in [0.3, 0.4) is 0 Å². The molecule has 0 amide bonds. The molecule has 0 aliphatic heterocycles. The second kappa shape index (κ2) is 6.24. The highest BCUT2D eigenvalue weighted by Gasteiger charge is 2.16. The molecule has 98 valence electrons. The lowest BCUT2D eigenvalue weighted by atomic mass is 9.96. The van der Waals surface area contributed by atoms with Crippen LogP contribution in [0.1, 0.15) is 37.8 Å². The van der Waals surface area contributed by atoms with Gasteiger partial charge >= 0.3 is 5.97 Å². The lowest BCUT2D eigenvalue weighted by Crippen LogP contribution is -2.27. The van der Waals surface area contributed by atoms with Crippen molar-refractivity contribution >= 4 is 11.7 Å². The molecule has 0 aliphatic rings. The van der Waals surface area contributed by atoms with Crippen LogP contribution >= 0.6 is 0 Å². The third-order valence-corrected chi connectivity index (χ3v) is 2.68. The molecule has 0 atom stereocenters. The Morgan fingerprint density at radius 3 is 2.67 bits per heavy atom.